The first kappa shape index (κ1) is 17.1. The highest BCUT2D eigenvalue weighted by molar-refractivity contribution is 5.92. The summed E-state index contributed by atoms with van der Waals surface area (Å²) in [4.78, 5) is 28.0. The molecule has 0 unspecified atom stereocenters. The number of furan rings is 1. The average molecular weight is 345 g/mol. The minimum Gasteiger partial charge on any atom is -0.459 e. The van der Waals surface area contributed by atoms with Gasteiger partial charge in [0.1, 0.15) is 0 Å². The fourth-order valence-corrected chi connectivity index (χ4v) is 2.77. The van der Waals surface area contributed by atoms with E-state index in [0.29, 0.717) is 43.5 Å². The van der Waals surface area contributed by atoms with Gasteiger partial charge in [-0.3, -0.25) is 9.48 Å². The zero-order valence-corrected chi connectivity index (χ0v) is 14.5. The van der Waals surface area contributed by atoms with Crippen molar-refractivity contribution < 1.29 is 14.0 Å². The van der Waals surface area contributed by atoms with Crippen molar-refractivity contribution in [2.24, 2.45) is 5.92 Å². The summed E-state index contributed by atoms with van der Waals surface area (Å²) in [5.41, 5.74) is 0.680. The lowest BCUT2D eigenvalue weighted by Gasteiger charge is -2.34. The van der Waals surface area contributed by atoms with Crippen LogP contribution in [0.1, 0.15) is 24.4 Å². The standard InChI is InChI=1S/C17H23N5O3/c1-13(2)11-22-12-14(10-18-22)19-17(24)21-7-5-20(6-8-21)16(23)15-4-3-9-25-15/h3-4,9-10,12-13H,5-8,11H2,1-2H3,(H,19,24). The number of aromatic nitrogens is 2. The van der Waals surface area contributed by atoms with Gasteiger partial charge in [0.25, 0.3) is 5.91 Å². The van der Waals surface area contributed by atoms with Gasteiger partial charge in [-0.15, -0.1) is 0 Å². The molecule has 8 heteroatoms. The molecule has 0 aromatic carbocycles. The molecule has 0 spiro atoms. The number of piperazine rings is 1. The lowest BCUT2D eigenvalue weighted by Crippen LogP contribution is -2.51. The maximum Gasteiger partial charge on any atom is 0.322 e. The predicted molar refractivity (Wildman–Crippen MR) is 92.3 cm³/mol. The van der Waals surface area contributed by atoms with Gasteiger partial charge in [0.05, 0.1) is 18.1 Å². The van der Waals surface area contributed by atoms with Crippen molar-refractivity contribution in [3.05, 3.63) is 36.5 Å². The smallest absolute Gasteiger partial charge is 0.322 e. The van der Waals surface area contributed by atoms with E-state index in [4.69, 9.17) is 4.42 Å². The summed E-state index contributed by atoms with van der Waals surface area (Å²) in [6, 6.07) is 3.17. The Morgan fingerprint density at radius 1 is 1.24 bits per heavy atom. The normalized spacial score (nSPS) is 14.8. The average Bonchev–Trinajstić information content (AvgIpc) is 3.26. The van der Waals surface area contributed by atoms with E-state index in [1.807, 2.05) is 10.9 Å². The Labute approximate surface area is 146 Å². The number of rotatable bonds is 4. The van der Waals surface area contributed by atoms with Crippen LogP contribution < -0.4 is 5.32 Å². The van der Waals surface area contributed by atoms with Crippen molar-refractivity contribution in [2.75, 3.05) is 31.5 Å². The Hall–Kier alpha value is -2.77. The Bertz CT molecular complexity index is 714. The molecule has 1 aliphatic heterocycles. The Kier molecular flexibility index (Phi) is 5.06. The zero-order valence-electron chi connectivity index (χ0n) is 14.5. The Morgan fingerprint density at radius 3 is 2.60 bits per heavy atom. The predicted octanol–water partition coefficient (Wildman–Crippen LogP) is 2.12. The molecular weight excluding hydrogens is 322 g/mol. The van der Waals surface area contributed by atoms with E-state index < -0.39 is 0 Å². The van der Waals surface area contributed by atoms with Gasteiger partial charge in [-0.25, -0.2) is 4.79 Å². The van der Waals surface area contributed by atoms with Crippen LogP contribution in [-0.2, 0) is 6.54 Å². The largest absolute Gasteiger partial charge is 0.459 e. The van der Waals surface area contributed by atoms with Crippen molar-refractivity contribution in [2.45, 2.75) is 20.4 Å². The highest BCUT2D eigenvalue weighted by Gasteiger charge is 2.26. The molecule has 0 atom stereocenters. The first-order valence-electron chi connectivity index (χ1n) is 8.44. The van der Waals surface area contributed by atoms with Gasteiger partial charge in [0.2, 0.25) is 0 Å². The number of urea groups is 1. The van der Waals surface area contributed by atoms with Crippen molar-refractivity contribution in [1.82, 2.24) is 19.6 Å². The van der Waals surface area contributed by atoms with Crippen molar-refractivity contribution in [3.8, 4) is 0 Å². The molecule has 1 N–H and O–H groups in total. The lowest BCUT2D eigenvalue weighted by atomic mass is 10.2. The molecule has 0 aliphatic carbocycles. The highest BCUT2D eigenvalue weighted by atomic mass is 16.3. The van der Waals surface area contributed by atoms with Crippen LogP contribution in [0.4, 0.5) is 10.5 Å². The maximum absolute atomic E-state index is 12.4. The maximum atomic E-state index is 12.4. The van der Waals surface area contributed by atoms with Crippen LogP contribution in [-0.4, -0.2) is 57.7 Å². The molecule has 1 fully saturated rings. The molecule has 0 saturated carbocycles. The molecule has 0 bridgehead atoms. The third kappa shape index (κ3) is 4.20. The van der Waals surface area contributed by atoms with E-state index in [1.54, 1.807) is 28.1 Å². The SMILES string of the molecule is CC(C)Cn1cc(NC(=O)N2CCN(C(=O)c3ccco3)CC2)cn1. The van der Waals surface area contributed by atoms with Crippen molar-refractivity contribution in [1.29, 1.82) is 0 Å². The van der Waals surface area contributed by atoms with Gasteiger partial charge in [-0.1, -0.05) is 13.8 Å². The first-order valence-corrected chi connectivity index (χ1v) is 8.44. The summed E-state index contributed by atoms with van der Waals surface area (Å²) in [5.74, 6) is 0.679. The van der Waals surface area contributed by atoms with Gasteiger partial charge >= 0.3 is 6.03 Å². The summed E-state index contributed by atoms with van der Waals surface area (Å²) in [5, 5.41) is 7.10. The van der Waals surface area contributed by atoms with Crippen LogP contribution in [0.25, 0.3) is 0 Å². The van der Waals surface area contributed by atoms with Gasteiger partial charge in [0, 0.05) is 38.9 Å². The highest BCUT2D eigenvalue weighted by Crippen LogP contribution is 2.12. The van der Waals surface area contributed by atoms with Crippen LogP contribution in [0.2, 0.25) is 0 Å². The molecule has 3 heterocycles. The number of hydrogen-bond acceptors (Lipinski definition) is 4. The number of nitrogens with zero attached hydrogens (tertiary/aromatic N) is 4. The fourth-order valence-electron chi connectivity index (χ4n) is 2.77. The second kappa shape index (κ2) is 7.42. The van der Waals surface area contributed by atoms with Gasteiger partial charge in [-0.2, -0.15) is 5.10 Å². The molecule has 3 amide bonds. The molecule has 2 aromatic heterocycles. The minimum atomic E-state index is -0.172. The number of carbonyl (C=O) groups is 2. The van der Waals surface area contributed by atoms with Crippen LogP contribution in [0.15, 0.2) is 35.2 Å². The number of carbonyl (C=O) groups excluding carboxylic acids is 2. The monoisotopic (exact) mass is 345 g/mol. The van der Waals surface area contributed by atoms with Crippen molar-refractivity contribution >= 4 is 17.6 Å². The topological polar surface area (TPSA) is 83.6 Å². The van der Waals surface area contributed by atoms with E-state index in [-0.39, 0.29) is 11.9 Å². The lowest BCUT2D eigenvalue weighted by molar-refractivity contribution is 0.0640. The van der Waals surface area contributed by atoms with Crippen LogP contribution in [0, 0.1) is 5.92 Å². The summed E-state index contributed by atoms with van der Waals surface area (Å²) >= 11 is 0. The van der Waals surface area contributed by atoms with E-state index in [1.165, 1.54) is 6.26 Å². The molecule has 3 rings (SSSR count). The van der Waals surface area contributed by atoms with E-state index in [0.717, 1.165) is 6.54 Å². The van der Waals surface area contributed by atoms with Gasteiger partial charge in [0.15, 0.2) is 5.76 Å². The van der Waals surface area contributed by atoms with E-state index >= 15 is 0 Å². The second-order valence-electron chi connectivity index (χ2n) is 6.53. The first-order chi connectivity index (χ1) is 12.0. The molecular formula is C17H23N5O3. The van der Waals surface area contributed by atoms with Crippen LogP contribution >= 0.6 is 0 Å². The van der Waals surface area contributed by atoms with Gasteiger partial charge < -0.3 is 19.5 Å². The van der Waals surface area contributed by atoms with E-state index in [9.17, 15) is 9.59 Å². The number of amides is 3. The number of hydrogen-bond donors (Lipinski definition) is 1. The van der Waals surface area contributed by atoms with Crippen molar-refractivity contribution in [3.63, 3.8) is 0 Å². The third-order valence-corrected chi connectivity index (χ3v) is 4.02. The Morgan fingerprint density at radius 2 is 1.96 bits per heavy atom. The molecule has 134 valence electrons. The molecule has 2 aromatic rings. The van der Waals surface area contributed by atoms with Crippen LogP contribution in [0.3, 0.4) is 0 Å². The van der Waals surface area contributed by atoms with E-state index in [2.05, 4.69) is 24.3 Å². The van der Waals surface area contributed by atoms with Gasteiger partial charge in [-0.05, 0) is 18.1 Å². The summed E-state index contributed by atoms with van der Waals surface area (Å²) in [6.45, 7) is 6.98. The molecule has 0 radical (unpaired) electrons. The quantitative estimate of drug-likeness (QED) is 0.920. The fraction of sp³-hybridized carbons (Fsp3) is 0.471. The van der Waals surface area contributed by atoms with Crippen LogP contribution in [0.5, 0.6) is 0 Å². The summed E-state index contributed by atoms with van der Waals surface area (Å²) in [7, 11) is 0. The molecule has 8 nitrogen and oxygen atoms in total. The molecule has 1 saturated heterocycles. The molecule has 1 aliphatic rings. The number of anilines is 1. The Balaban J connectivity index is 1.50. The summed E-state index contributed by atoms with van der Waals surface area (Å²) in [6.07, 6.45) is 4.96. The molecule has 25 heavy (non-hydrogen) atoms. The summed E-state index contributed by atoms with van der Waals surface area (Å²) < 4.78 is 6.96. The minimum absolute atomic E-state index is 0.139. The number of nitrogens with one attached hydrogen (secondary N) is 1. The zero-order chi connectivity index (χ0) is 17.8. The third-order valence-electron chi connectivity index (χ3n) is 4.02. The second-order valence-corrected chi connectivity index (χ2v) is 6.53.